The monoisotopic (exact) mass is 521 g/mol. The van der Waals surface area contributed by atoms with Crippen molar-refractivity contribution < 1.29 is 19.1 Å². The number of methoxy groups -OCH3 is 1. The highest BCUT2D eigenvalue weighted by molar-refractivity contribution is 7.80. The second-order valence-corrected chi connectivity index (χ2v) is 9.01. The number of aromatic nitrogens is 1. The average Bonchev–Trinajstić information content (AvgIpc) is 3.15. The molecular formula is C27H24ClN3O4S. The third-order valence-corrected chi connectivity index (χ3v) is 6.68. The van der Waals surface area contributed by atoms with E-state index in [9.17, 15) is 14.4 Å². The molecular weight excluding hydrogens is 498 g/mol. The minimum atomic E-state index is -0.505. The lowest BCUT2D eigenvalue weighted by Crippen LogP contribution is -2.56. The minimum absolute atomic E-state index is 0.00367. The van der Waals surface area contributed by atoms with Gasteiger partial charge in [-0.05, 0) is 93.2 Å². The van der Waals surface area contributed by atoms with Gasteiger partial charge in [-0.1, -0.05) is 17.7 Å². The van der Waals surface area contributed by atoms with Crippen LogP contribution in [0.1, 0.15) is 34.2 Å². The fourth-order valence-corrected chi connectivity index (χ4v) is 4.77. The highest BCUT2D eigenvalue weighted by Crippen LogP contribution is 2.29. The van der Waals surface area contributed by atoms with Crippen molar-refractivity contribution in [3.05, 3.63) is 87.7 Å². The number of carbonyl (C=O) groups excluding carboxylic acids is 3. The van der Waals surface area contributed by atoms with Crippen LogP contribution in [0.2, 0.25) is 5.02 Å². The van der Waals surface area contributed by atoms with Crippen LogP contribution in [0.4, 0.5) is 5.69 Å². The van der Waals surface area contributed by atoms with Gasteiger partial charge in [0.1, 0.15) is 5.57 Å². The van der Waals surface area contributed by atoms with Crippen molar-refractivity contribution in [2.45, 2.75) is 20.8 Å². The van der Waals surface area contributed by atoms with Gasteiger partial charge in [0.25, 0.3) is 11.8 Å². The quantitative estimate of drug-likeness (QED) is 0.202. The lowest BCUT2D eigenvalue weighted by atomic mass is 10.1. The molecule has 4 rings (SSSR count). The van der Waals surface area contributed by atoms with Crippen LogP contribution < -0.4 is 4.90 Å². The lowest BCUT2D eigenvalue weighted by Gasteiger charge is -2.36. The molecule has 1 aromatic heterocycles. The molecule has 0 N–H and O–H groups in total. The molecule has 0 saturated carbocycles. The van der Waals surface area contributed by atoms with E-state index in [2.05, 4.69) is 0 Å². The van der Waals surface area contributed by atoms with Gasteiger partial charge < -0.3 is 9.30 Å². The maximum absolute atomic E-state index is 13.6. The number of hydrogen-bond acceptors (Lipinski definition) is 5. The number of halogens is 1. The van der Waals surface area contributed by atoms with E-state index in [1.807, 2.05) is 30.5 Å². The molecule has 2 heterocycles. The maximum Gasteiger partial charge on any atom is 0.337 e. The fourth-order valence-electron chi connectivity index (χ4n) is 4.25. The van der Waals surface area contributed by atoms with Crippen molar-refractivity contribution in [2.75, 3.05) is 18.6 Å². The zero-order chi connectivity index (χ0) is 26.1. The molecule has 0 radical (unpaired) electrons. The summed E-state index contributed by atoms with van der Waals surface area (Å²) >= 11 is 11.5. The predicted molar refractivity (Wildman–Crippen MR) is 143 cm³/mol. The van der Waals surface area contributed by atoms with Crippen LogP contribution in [0.25, 0.3) is 11.8 Å². The largest absolute Gasteiger partial charge is 0.465 e. The smallest absolute Gasteiger partial charge is 0.337 e. The van der Waals surface area contributed by atoms with Crippen LogP contribution in [0.3, 0.4) is 0 Å². The highest BCUT2D eigenvalue weighted by Gasteiger charge is 2.39. The van der Waals surface area contributed by atoms with Crippen molar-refractivity contribution in [1.29, 1.82) is 0 Å². The van der Waals surface area contributed by atoms with Gasteiger partial charge in [0.05, 0.1) is 18.4 Å². The Morgan fingerprint density at radius 1 is 1.03 bits per heavy atom. The Hall–Kier alpha value is -3.75. The number of nitrogens with zero attached hydrogens (tertiary/aromatic N) is 3. The fraction of sp³-hybridized carbons (Fsp3) is 0.185. The van der Waals surface area contributed by atoms with Crippen LogP contribution in [-0.4, -0.2) is 46.0 Å². The second-order valence-electron chi connectivity index (χ2n) is 8.21. The Kier molecular flexibility index (Phi) is 7.10. The SMILES string of the molecule is CCN1C(=O)/C(=C\c2cc(C)n(-c3cccc(C(=O)OC)c3)c2C)C(=O)N(c2ccc(Cl)cc2)C1=S. The summed E-state index contributed by atoms with van der Waals surface area (Å²) in [5.74, 6) is -1.39. The molecule has 1 fully saturated rings. The standard InChI is InChI=1S/C27H24ClN3O4S/c1-5-29-24(32)23(25(33)31(27(29)36)21-11-9-20(28)10-12-21)15-19-13-16(2)30(17(19)3)22-8-6-7-18(14-22)26(34)35-4/h6-15H,5H2,1-4H3/b23-15+. The second kappa shape index (κ2) is 10.1. The number of ether oxygens (including phenoxy) is 1. The summed E-state index contributed by atoms with van der Waals surface area (Å²) in [6.07, 6.45) is 1.60. The lowest BCUT2D eigenvalue weighted by molar-refractivity contribution is -0.127. The van der Waals surface area contributed by atoms with Gasteiger partial charge in [0.2, 0.25) is 0 Å². The van der Waals surface area contributed by atoms with Crippen molar-refractivity contribution >= 4 is 58.5 Å². The van der Waals surface area contributed by atoms with Crippen LogP contribution in [0.5, 0.6) is 0 Å². The normalized spacial score (nSPS) is 15.1. The zero-order valence-electron chi connectivity index (χ0n) is 20.2. The summed E-state index contributed by atoms with van der Waals surface area (Å²) in [6.45, 7) is 5.92. The topological polar surface area (TPSA) is 71.9 Å². The molecule has 0 bridgehead atoms. The van der Waals surface area contributed by atoms with Gasteiger partial charge in [0, 0.05) is 28.6 Å². The van der Waals surface area contributed by atoms with E-state index in [4.69, 9.17) is 28.6 Å². The van der Waals surface area contributed by atoms with Gasteiger partial charge in [0.15, 0.2) is 5.11 Å². The number of amides is 2. The summed E-state index contributed by atoms with van der Waals surface area (Å²) in [7, 11) is 1.34. The maximum atomic E-state index is 13.6. The molecule has 1 saturated heterocycles. The van der Waals surface area contributed by atoms with E-state index >= 15 is 0 Å². The van der Waals surface area contributed by atoms with Crippen molar-refractivity contribution in [3.63, 3.8) is 0 Å². The van der Waals surface area contributed by atoms with E-state index in [1.54, 1.807) is 55.5 Å². The predicted octanol–water partition coefficient (Wildman–Crippen LogP) is 5.10. The molecule has 2 aromatic carbocycles. The Balaban J connectivity index is 1.80. The third kappa shape index (κ3) is 4.45. The molecule has 184 valence electrons. The van der Waals surface area contributed by atoms with Crippen molar-refractivity contribution in [3.8, 4) is 5.69 Å². The summed E-state index contributed by atoms with van der Waals surface area (Å²) in [4.78, 5) is 41.6. The van der Waals surface area contributed by atoms with Gasteiger partial charge in [-0.3, -0.25) is 19.4 Å². The van der Waals surface area contributed by atoms with Gasteiger partial charge >= 0.3 is 5.97 Å². The molecule has 1 aliphatic rings. The summed E-state index contributed by atoms with van der Waals surface area (Å²) in [5.41, 5.74) is 4.09. The summed E-state index contributed by atoms with van der Waals surface area (Å²) in [6, 6.07) is 15.7. The molecule has 2 amide bonds. The number of thiocarbonyl (C=S) groups is 1. The summed E-state index contributed by atoms with van der Waals surface area (Å²) in [5, 5.41) is 0.647. The Morgan fingerprint density at radius 3 is 2.36 bits per heavy atom. The first-order valence-corrected chi connectivity index (χ1v) is 12.0. The summed E-state index contributed by atoms with van der Waals surface area (Å²) < 4.78 is 6.79. The van der Waals surface area contributed by atoms with Crippen molar-refractivity contribution in [2.24, 2.45) is 0 Å². The molecule has 1 aliphatic heterocycles. The van der Waals surface area contributed by atoms with Gasteiger partial charge in [-0.25, -0.2) is 4.79 Å². The molecule has 3 aromatic rings. The van der Waals surface area contributed by atoms with Gasteiger partial charge in [-0.2, -0.15) is 0 Å². The van der Waals surface area contributed by atoms with E-state index in [-0.39, 0.29) is 10.7 Å². The Morgan fingerprint density at radius 2 is 1.72 bits per heavy atom. The van der Waals surface area contributed by atoms with E-state index in [0.717, 1.165) is 17.1 Å². The Bertz CT molecular complexity index is 1430. The number of benzene rings is 2. The molecule has 0 aliphatic carbocycles. The van der Waals surface area contributed by atoms with E-state index in [0.29, 0.717) is 28.4 Å². The molecule has 0 atom stereocenters. The van der Waals surface area contributed by atoms with Crippen LogP contribution in [0, 0.1) is 13.8 Å². The first-order chi connectivity index (χ1) is 17.2. The highest BCUT2D eigenvalue weighted by atomic mass is 35.5. The first-order valence-electron chi connectivity index (χ1n) is 11.2. The first kappa shape index (κ1) is 25.3. The number of carbonyl (C=O) groups is 3. The minimum Gasteiger partial charge on any atom is -0.465 e. The molecule has 0 spiro atoms. The number of likely N-dealkylation sites (N-methyl/N-ethyl adjacent to an activating group) is 1. The number of aryl methyl sites for hydroxylation is 1. The number of hydrogen-bond donors (Lipinski definition) is 0. The average molecular weight is 522 g/mol. The van der Waals surface area contributed by atoms with Crippen LogP contribution >= 0.6 is 23.8 Å². The van der Waals surface area contributed by atoms with Gasteiger partial charge in [-0.15, -0.1) is 0 Å². The molecule has 7 nitrogen and oxygen atoms in total. The molecule has 9 heteroatoms. The van der Waals surface area contributed by atoms with E-state index < -0.39 is 17.8 Å². The van der Waals surface area contributed by atoms with E-state index in [1.165, 1.54) is 16.9 Å². The van der Waals surface area contributed by atoms with Crippen LogP contribution in [0.15, 0.2) is 60.2 Å². The number of rotatable bonds is 5. The van der Waals surface area contributed by atoms with Crippen LogP contribution in [-0.2, 0) is 14.3 Å². The number of anilines is 1. The molecule has 0 unspecified atom stereocenters. The third-order valence-electron chi connectivity index (χ3n) is 6.03. The Labute approximate surface area is 219 Å². The van der Waals surface area contributed by atoms with Crippen molar-refractivity contribution in [1.82, 2.24) is 9.47 Å². The molecule has 36 heavy (non-hydrogen) atoms. The number of esters is 1. The zero-order valence-corrected chi connectivity index (χ0v) is 21.8.